The number of aromatic hydroxyl groups is 1. The summed E-state index contributed by atoms with van der Waals surface area (Å²) in [5.74, 6) is -0.404. The van der Waals surface area contributed by atoms with Crippen molar-refractivity contribution in [1.29, 1.82) is 5.26 Å². The van der Waals surface area contributed by atoms with E-state index in [9.17, 15) is 15.2 Å². The van der Waals surface area contributed by atoms with Gasteiger partial charge in [0, 0.05) is 18.8 Å². The van der Waals surface area contributed by atoms with E-state index in [0.29, 0.717) is 22.4 Å². The molecule has 0 spiro atoms. The molecule has 0 aliphatic carbocycles. The van der Waals surface area contributed by atoms with Crippen molar-refractivity contribution in [1.82, 2.24) is 10.3 Å². The molecule has 3 rings (SSSR count). The second kappa shape index (κ2) is 7.93. The molecule has 0 bridgehead atoms. The minimum atomic E-state index is -0.323. The van der Waals surface area contributed by atoms with Gasteiger partial charge in [-0.25, -0.2) is 4.99 Å². The highest BCUT2D eigenvalue weighted by Crippen LogP contribution is 2.33. The molecule has 0 fully saturated rings. The molecule has 0 aliphatic rings. The maximum absolute atomic E-state index is 11.8. The SMILES string of the molecule is CNC(=O)c1cc(-c2cccc(C(C#N)=Nc3ccccc3)c2O)ccn1. The summed E-state index contributed by atoms with van der Waals surface area (Å²) in [7, 11) is 1.52. The van der Waals surface area contributed by atoms with Gasteiger partial charge in [-0.15, -0.1) is 0 Å². The molecule has 2 aromatic carbocycles. The molecule has 0 radical (unpaired) electrons. The zero-order chi connectivity index (χ0) is 19.2. The number of carbonyl (C=O) groups is 1. The van der Waals surface area contributed by atoms with Gasteiger partial charge in [-0.3, -0.25) is 9.78 Å². The Morgan fingerprint density at radius 1 is 1.15 bits per heavy atom. The lowest BCUT2D eigenvalue weighted by Crippen LogP contribution is -2.19. The molecule has 1 aromatic heterocycles. The minimum Gasteiger partial charge on any atom is -0.507 e. The Kier molecular flexibility index (Phi) is 5.24. The molecule has 0 saturated carbocycles. The molecule has 1 amide bonds. The first-order valence-corrected chi connectivity index (χ1v) is 8.18. The predicted molar refractivity (Wildman–Crippen MR) is 103 cm³/mol. The van der Waals surface area contributed by atoms with Crippen molar-refractivity contribution in [3.63, 3.8) is 0 Å². The van der Waals surface area contributed by atoms with Gasteiger partial charge < -0.3 is 10.4 Å². The van der Waals surface area contributed by atoms with Crippen LogP contribution in [0, 0.1) is 11.3 Å². The summed E-state index contributed by atoms with van der Waals surface area (Å²) in [6, 6.07) is 19.4. The van der Waals surface area contributed by atoms with Gasteiger partial charge in [0.2, 0.25) is 0 Å². The summed E-state index contributed by atoms with van der Waals surface area (Å²) in [6.45, 7) is 0. The molecular weight excluding hydrogens is 340 g/mol. The zero-order valence-corrected chi connectivity index (χ0v) is 14.5. The Balaban J connectivity index is 2.08. The smallest absolute Gasteiger partial charge is 0.269 e. The van der Waals surface area contributed by atoms with Crippen LogP contribution in [0.4, 0.5) is 5.69 Å². The summed E-state index contributed by atoms with van der Waals surface area (Å²) in [5.41, 5.74) is 2.36. The van der Waals surface area contributed by atoms with Crippen LogP contribution in [0.1, 0.15) is 16.1 Å². The standard InChI is InChI=1S/C21H16N4O2/c1-23-21(27)18-12-14(10-11-24-18)16-8-5-9-17(20(16)26)19(13-22)25-15-6-3-2-4-7-15/h2-12,26H,1H3,(H,23,27). The molecule has 27 heavy (non-hydrogen) atoms. The van der Waals surface area contributed by atoms with Crippen LogP contribution in [0.2, 0.25) is 0 Å². The normalized spacial score (nSPS) is 10.9. The van der Waals surface area contributed by atoms with Crippen LogP contribution < -0.4 is 5.32 Å². The molecule has 6 nitrogen and oxygen atoms in total. The van der Waals surface area contributed by atoms with Gasteiger partial charge in [0.15, 0.2) is 5.71 Å². The highest BCUT2D eigenvalue weighted by atomic mass is 16.3. The third-order valence-corrected chi connectivity index (χ3v) is 3.92. The molecule has 6 heteroatoms. The number of hydrogen-bond acceptors (Lipinski definition) is 5. The number of rotatable bonds is 4. The number of benzene rings is 2. The van der Waals surface area contributed by atoms with Crippen molar-refractivity contribution in [2.75, 3.05) is 7.05 Å². The van der Waals surface area contributed by atoms with E-state index in [0.717, 1.165) is 0 Å². The highest BCUT2D eigenvalue weighted by Gasteiger charge is 2.15. The van der Waals surface area contributed by atoms with E-state index >= 15 is 0 Å². The van der Waals surface area contributed by atoms with Crippen LogP contribution >= 0.6 is 0 Å². The Labute approximate surface area is 156 Å². The summed E-state index contributed by atoms with van der Waals surface area (Å²) in [4.78, 5) is 20.2. The van der Waals surface area contributed by atoms with Crippen molar-refractivity contribution in [3.8, 4) is 22.9 Å². The highest BCUT2D eigenvalue weighted by molar-refractivity contribution is 6.15. The van der Waals surface area contributed by atoms with E-state index in [4.69, 9.17) is 0 Å². The molecule has 3 aromatic rings. The maximum atomic E-state index is 11.8. The van der Waals surface area contributed by atoms with E-state index in [1.54, 1.807) is 42.5 Å². The number of hydrogen-bond donors (Lipinski definition) is 2. The number of para-hydroxylation sites is 2. The second-order valence-corrected chi connectivity index (χ2v) is 5.62. The topological polar surface area (TPSA) is 98.4 Å². The van der Waals surface area contributed by atoms with Crippen molar-refractivity contribution in [3.05, 3.63) is 78.1 Å². The molecule has 0 atom stereocenters. The Hall–Kier alpha value is -3.98. The van der Waals surface area contributed by atoms with Gasteiger partial charge in [-0.1, -0.05) is 30.3 Å². The van der Waals surface area contributed by atoms with Gasteiger partial charge in [0.1, 0.15) is 17.5 Å². The lowest BCUT2D eigenvalue weighted by atomic mass is 9.99. The number of aromatic nitrogens is 1. The van der Waals surface area contributed by atoms with Crippen LogP contribution in [0.3, 0.4) is 0 Å². The first-order chi connectivity index (χ1) is 13.1. The van der Waals surface area contributed by atoms with Gasteiger partial charge in [0.05, 0.1) is 11.3 Å². The van der Waals surface area contributed by atoms with E-state index in [1.165, 1.54) is 13.2 Å². The first-order valence-electron chi connectivity index (χ1n) is 8.18. The average molecular weight is 356 g/mol. The number of amides is 1. The van der Waals surface area contributed by atoms with Crippen LogP contribution in [0.5, 0.6) is 5.75 Å². The van der Waals surface area contributed by atoms with E-state index in [-0.39, 0.29) is 23.1 Å². The quantitative estimate of drug-likeness (QED) is 0.699. The molecule has 0 saturated heterocycles. The zero-order valence-electron chi connectivity index (χ0n) is 14.5. The average Bonchev–Trinajstić information content (AvgIpc) is 2.72. The van der Waals surface area contributed by atoms with Crippen LogP contribution in [-0.2, 0) is 0 Å². The predicted octanol–water partition coefficient (Wildman–Crippen LogP) is 3.46. The fourth-order valence-electron chi connectivity index (χ4n) is 2.59. The third-order valence-electron chi connectivity index (χ3n) is 3.92. The molecule has 132 valence electrons. The number of pyridine rings is 1. The van der Waals surface area contributed by atoms with Gasteiger partial charge in [-0.05, 0) is 35.9 Å². The number of aliphatic imine (C=N–C) groups is 1. The first kappa shape index (κ1) is 17.8. The summed E-state index contributed by atoms with van der Waals surface area (Å²) >= 11 is 0. The number of nitriles is 1. The fraction of sp³-hybridized carbons (Fsp3) is 0.0476. The number of nitrogens with one attached hydrogen (secondary N) is 1. The van der Waals surface area contributed by atoms with Crippen molar-refractivity contribution >= 4 is 17.3 Å². The summed E-state index contributed by atoms with van der Waals surface area (Å²) in [6.07, 6.45) is 1.50. The van der Waals surface area contributed by atoms with Gasteiger partial charge in [0.25, 0.3) is 5.91 Å². The molecule has 0 aliphatic heterocycles. The summed E-state index contributed by atoms with van der Waals surface area (Å²) in [5, 5.41) is 22.8. The molecular formula is C21H16N4O2. The van der Waals surface area contributed by atoms with Crippen molar-refractivity contribution in [2.24, 2.45) is 4.99 Å². The number of carbonyl (C=O) groups excluding carboxylic acids is 1. The molecule has 1 heterocycles. The Morgan fingerprint density at radius 3 is 2.63 bits per heavy atom. The Morgan fingerprint density at radius 2 is 1.93 bits per heavy atom. The lowest BCUT2D eigenvalue weighted by Gasteiger charge is -2.10. The van der Waals surface area contributed by atoms with Crippen LogP contribution in [0.15, 0.2) is 71.9 Å². The lowest BCUT2D eigenvalue weighted by molar-refractivity contribution is 0.0958. The monoisotopic (exact) mass is 356 g/mol. The number of phenols is 1. The molecule has 0 unspecified atom stereocenters. The largest absolute Gasteiger partial charge is 0.507 e. The maximum Gasteiger partial charge on any atom is 0.269 e. The number of phenolic OH excluding ortho intramolecular Hbond substituents is 1. The van der Waals surface area contributed by atoms with Crippen LogP contribution in [-0.4, -0.2) is 28.8 Å². The molecule has 2 N–H and O–H groups in total. The van der Waals surface area contributed by atoms with Crippen LogP contribution in [0.25, 0.3) is 11.1 Å². The van der Waals surface area contributed by atoms with Crippen molar-refractivity contribution in [2.45, 2.75) is 0 Å². The fourth-order valence-corrected chi connectivity index (χ4v) is 2.59. The van der Waals surface area contributed by atoms with E-state index in [2.05, 4.69) is 15.3 Å². The third kappa shape index (κ3) is 3.83. The van der Waals surface area contributed by atoms with Gasteiger partial charge in [-0.2, -0.15) is 5.26 Å². The Bertz CT molecular complexity index is 1050. The summed E-state index contributed by atoms with van der Waals surface area (Å²) < 4.78 is 0. The van der Waals surface area contributed by atoms with Crippen molar-refractivity contribution < 1.29 is 9.90 Å². The minimum absolute atomic E-state index is 0.0808. The van der Waals surface area contributed by atoms with E-state index < -0.39 is 0 Å². The second-order valence-electron chi connectivity index (χ2n) is 5.62. The number of nitrogens with zero attached hydrogens (tertiary/aromatic N) is 3. The van der Waals surface area contributed by atoms with E-state index in [1.807, 2.05) is 24.3 Å². The van der Waals surface area contributed by atoms with Gasteiger partial charge >= 0.3 is 0 Å².